The molecule has 1 fully saturated rings. The molecule has 0 aromatic carbocycles. The highest BCUT2D eigenvalue weighted by Gasteiger charge is 2.34. The Morgan fingerprint density at radius 3 is 0.863 bits per heavy atom. The first-order chi connectivity index (χ1) is 38.8. The zero-order valence-electron chi connectivity index (χ0n) is 54.1. The van der Waals surface area contributed by atoms with Crippen LogP contribution in [0.25, 0.3) is 0 Å². The number of unbranched alkanes of at least 4 members (excludes halogenated alkanes) is 21. The zero-order chi connectivity index (χ0) is 61.3. The van der Waals surface area contributed by atoms with E-state index in [-0.39, 0.29) is 51.9 Å². The van der Waals surface area contributed by atoms with Gasteiger partial charge < -0.3 is 38.1 Å². The summed E-state index contributed by atoms with van der Waals surface area (Å²) < 4.78 is 36.3. The van der Waals surface area contributed by atoms with Crippen molar-refractivity contribution in [2.75, 3.05) is 92.6 Å². The molecule has 476 valence electrons. The molecule has 1 unspecified atom stereocenters. The molecule has 1 heterocycles. The molecule has 1 aliphatic rings. The van der Waals surface area contributed by atoms with Crippen molar-refractivity contribution in [3.8, 4) is 0 Å². The molecule has 0 saturated carbocycles. The average molecular weight is 1150 g/mol. The van der Waals surface area contributed by atoms with Gasteiger partial charge in [0.1, 0.15) is 6.61 Å². The minimum atomic E-state index is -0.582. The van der Waals surface area contributed by atoms with E-state index in [2.05, 4.69) is 46.3 Å². The van der Waals surface area contributed by atoms with Gasteiger partial charge in [-0.25, -0.2) is 4.79 Å². The average Bonchev–Trinajstić information content (AvgIpc) is 3.45. The van der Waals surface area contributed by atoms with Crippen LogP contribution in [0.2, 0.25) is 0 Å². The van der Waals surface area contributed by atoms with Gasteiger partial charge in [0.05, 0.1) is 85.5 Å². The highest BCUT2D eigenvalue weighted by molar-refractivity contribution is 5.79. The molecule has 1 amide bonds. The first kappa shape index (κ1) is 84.8. The topological polar surface area (TPSA) is 194 Å². The molecular formula is C63H125N3O14. The van der Waals surface area contributed by atoms with Gasteiger partial charge in [-0.1, -0.05) is 231 Å². The predicted molar refractivity (Wildman–Crippen MR) is 325 cm³/mol. The lowest BCUT2D eigenvalue weighted by Gasteiger charge is -2.39. The fourth-order valence-corrected chi connectivity index (χ4v) is 7.31. The van der Waals surface area contributed by atoms with Crippen LogP contribution in [0.3, 0.4) is 0 Å². The lowest BCUT2D eigenvalue weighted by atomic mass is 10.1. The fourth-order valence-electron chi connectivity index (χ4n) is 7.31. The second-order valence-corrected chi connectivity index (χ2v) is 19.3. The number of hydrogen-bond donors (Lipinski definition) is 0. The van der Waals surface area contributed by atoms with Gasteiger partial charge >= 0.3 is 41.9 Å². The summed E-state index contributed by atoms with van der Waals surface area (Å²) in [7, 11) is 1.27. The number of esters is 6. The van der Waals surface area contributed by atoms with Crippen LogP contribution in [-0.2, 0) is 61.9 Å². The maximum Gasteiger partial charge on any atom is 0.410 e. The van der Waals surface area contributed by atoms with Crippen LogP contribution >= 0.6 is 0 Å². The zero-order valence-corrected chi connectivity index (χ0v) is 54.1. The smallest absolute Gasteiger partial charge is 0.410 e. The molecule has 0 aromatic rings. The first-order valence-electron chi connectivity index (χ1n) is 32.1. The third kappa shape index (κ3) is 60.1. The van der Waals surface area contributed by atoms with Gasteiger partial charge in [-0.3, -0.25) is 38.6 Å². The van der Waals surface area contributed by atoms with Crippen LogP contribution < -0.4 is 0 Å². The van der Waals surface area contributed by atoms with Crippen LogP contribution in [0.15, 0.2) is 0 Å². The van der Waals surface area contributed by atoms with Crippen LogP contribution in [-0.4, -0.2) is 155 Å². The summed E-state index contributed by atoms with van der Waals surface area (Å²) in [6.45, 7) is 28.1. The van der Waals surface area contributed by atoms with Crippen LogP contribution in [0.1, 0.15) is 270 Å². The van der Waals surface area contributed by atoms with E-state index in [9.17, 15) is 33.6 Å². The Hall–Kier alpha value is -3.99. The standard InChI is InChI=1S/C30H54N2O8.C23H43NO6.C4H10.3C2H6/c1-4-7-9-11-13-15-20-37-27(33)22-31(23-28(34)38-21-16-14-12-10-8-5-2)24-29(35)40-25-26-17-18-32(26)30(36)39-19-6-3;1-4-6-8-10-12-14-16-29-22(26)19-24(18-21(25)28-3)20-23(27)30-17-15-13-11-9-7-5-2;1-3-4-2;3*1-2/h26H,4-25H2,1-3H3;4-20H2,1-3H3;3-4H2,1-2H3;3*1-2H3. The van der Waals surface area contributed by atoms with Crippen molar-refractivity contribution in [3.05, 3.63) is 0 Å². The van der Waals surface area contributed by atoms with E-state index >= 15 is 0 Å². The van der Waals surface area contributed by atoms with Gasteiger partial charge in [-0.15, -0.1) is 0 Å². The fraction of sp³-hybridized carbons (Fsp3) is 0.889. The third-order valence-electron chi connectivity index (χ3n) is 12.1. The molecule has 1 atom stereocenters. The number of ether oxygens (including phenoxy) is 7. The SMILES string of the molecule is CC.CC.CC.CCCC.CCCCCCCCOC(=O)CN(CC(=O)OC)CC(=O)OCCCCCCCC.CCCCCCCCOC(=O)CN(CC(=O)OCCCCCCCC)CC(=O)OCC1CCN1C(=O)OCCC. The van der Waals surface area contributed by atoms with Gasteiger partial charge in [0.2, 0.25) is 0 Å². The highest BCUT2D eigenvalue weighted by Crippen LogP contribution is 2.19. The lowest BCUT2D eigenvalue weighted by molar-refractivity contribution is -0.155. The normalized spacial score (nSPS) is 11.9. The molecule has 80 heavy (non-hydrogen) atoms. The molecule has 1 rings (SSSR count). The lowest BCUT2D eigenvalue weighted by Crippen LogP contribution is -2.54. The summed E-state index contributed by atoms with van der Waals surface area (Å²) in [6.07, 6.45) is 29.9. The van der Waals surface area contributed by atoms with E-state index in [0.717, 1.165) is 83.5 Å². The Morgan fingerprint density at radius 2 is 0.613 bits per heavy atom. The molecule has 0 aliphatic carbocycles. The molecule has 1 aliphatic heterocycles. The molecule has 0 spiro atoms. The number of nitrogens with zero attached hydrogens (tertiary/aromatic N) is 3. The number of amides is 1. The Bertz CT molecular complexity index is 1340. The summed E-state index contributed by atoms with van der Waals surface area (Å²) in [5, 5.41) is 0. The monoisotopic (exact) mass is 1150 g/mol. The van der Waals surface area contributed by atoms with Gasteiger partial charge in [0, 0.05) is 6.54 Å². The summed E-state index contributed by atoms with van der Waals surface area (Å²) >= 11 is 0. The molecule has 0 aromatic heterocycles. The van der Waals surface area contributed by atoms with E-state index in [4.69, 9.17) is 28.4 Å². The van der Waals surface area contributed by atoms with Crippen molar-refractivity contribution < 1.29 is 66.7 Å². The summed E-state index contributed by atoms with van der Waals surface area (Å²) in [5.74, 6) is -2.97. The summed E-state index contributed by atoms with van der Waals surface area (Å²) in [6, 6.07) is -0.230. The number of methoxy groups -OCH3 is 1. The van der Waals surface area contributed by atoms with E-state index in [0.29, 0.717) is 46.0 Å². The molecule has 0 bridgehead atoms. The number of carbonyl (C=O) groups is 7. The molecule has 17 nitrogen and oxygen atoms in total. The third-order valence-corrected chi connectivity index (χ3v) is 12.1. The Labute approximate surface area is 490 Å². The van der Waals surface area contributed by atoms with E-state index < -0.39 is 41.9 Å². The Kier molecular flexibility index (Phi) is 73.4. The van der Waals surface area contributed by atoms with Crippen molar-refractivity contribution in [1.82, 2.24) is 14.7 Å². The van der Waals surface area contributed by atoms with Gasteiger partial charge in [0.15, 0.2) is 0 Å². The maximum atomic E-state index is 12.6. The number of likely N-dealkylation sites (tertiary alicyclic amines) is 1. The summed E-state index contributed by atoms with van der Waals surface area (Å²) in [4.78, 5) is 89.5. The van der Waals surface area contributed by atoms with Gasteiger partial charge in [-0.05, 0) is 38.5 Å². The van der Waals surface area contributed by atoms with Crippen molar-refractivity contribution in [1.29, 1.82) is 0 Å². The largest absolute Gasteiger partial charge is 0.468 e. The van der Waals surface area contributed by atoms with E-state index in [1.165, 1.54) is 107 Å². The van der Waals surface area contributed by atoms with Gasteiger partial charge in [-0.2, -0.15) is 0 Å². The highest BCUT2D eigenvalue weighted by atomic mass is 16.6. The van der Waals surface area contributed by atoms with E-state index in [1.807, 2.05) is 48.5 Å². The second-order valence-electron chi connectivity index (χ2n) is 19.3. The van der Waals surface area contributed by atoms with Crippen molar-refractivity contribution in [2.45, 2.75) is 276 Å². The van der Waals surface area contributed by atoms with Gasteiger partial charge in [0.25, 0.3) is 0 Å². The number of carbonyl (C=O) groups excluding carboxylic acids is 7. The Morgan fingerprint density at radius 1 is 0.338 bits per heavy atom. The van der Waals surface area contributed by atoms with Crippen LogP contribution in [0.4, 0.5) is 4.79 Å². The quantitative estimate of drug-likeness (QED) is 0.0317. The second kappa shape index (κ2) is 69.3. The number of rotatable bonds is 45. The first-order valence-corrected chi connectivity index (χ1v) is 32.1. The Balaban J connectivity index is -0.000000414. The molecule has 17 heteroatoms. The van der Waals surface area contributed by atoms with E-state index in [1.54, 1.807) is 4.90 Å². The van der Waals surface area contributed by atoms with Crippen LogP contribution in [0.5, 0.6) is 0 Å². The minimum Gasteiger partial charge on any atom is -0.468 e. The molecular weight excluding hydrogens is 1020 g/mol. The molecule has 0 radical (unpaired) electrons. The minimum absolute atomic E-state index is 0.0405. The molecule has 0 N–H and O–H groups in total. The number of hydrogen-bond acceptors (Lipinski definition) is 16. The molecule has 1 saturated heterocycles. The summed E-state index contributed by atoms with van der Waals surface area (Å²) in [5.41, 5.74) is 0. The maximum absolute atomic E-state index is 12.6. The van der Waals surface area contributed by atoms with Crippen molar-refractivity contribution in [3.63, 3.8) is 0 Å². The van der Waals surface area contributed by atoms with Crippen molar-refractivity contribution >= 4 is 41.9 Å². The predicted octanol–water partition coefficient (Wildman–Crippen LogP) is 14.4. The van der Waals surface area contributed by atoms with Crippen LogP contribution in [0, 0.1) is 0 Å². The van der Waals surface area contributed by atoms with Crippen molar-refractivity contribution in [2.24, 2.45) is 0 Å².